The van der Waals surface area contributed by atoms with Crippen LogP contribution >= 0.6 is 0 Å². The maximum absolute atomic E-state index is 8.27. The largest absolute Gasteiger partial charge is 0.412 e. The van der Waals surface area contributed by atoms with Crippen molar-refractivity contribution in [2.75, 3.05) is 13.2 Å². The summed E-state index contributed by atoms with van der Waals surface area (Å²) in [5.74, 6) is 0. The molecule has 5 nitrogen and oxygen atoms in total. The van der Waals surface area contributed by atoms with E-state index in [4.69, 9.17) is 14.7 Å². The first-order chi connectivity index (χ1) is 8.26. The van der Waals surface area contributed by atoms with Gasteiger partial charge in [-0.25, -0.2) is 0 Å². The van der Waals surface area contributed by atoms with Crippen molar-refractivity contribution in [2.24, 2.45) is 5.11 Å². The molecule has 1 aliphatic heterocycles. The van der Waals surface area contributed by atoms with Gasteiger partial charge in [-0.3, -0.25) is 0 Å². The molecule has 0 aliphatic carbocycles. The van der Waals surface area contributed by atoms with Gasteiger partial charge in [0.05, 0.1) is 25.4 Å². The Kier molecular flexibility index (Phi) is 5.22. The molecule has 1 fully saturated rings. The third-order valence-corrected chi connectivity index (χ3v) is 8.48. The monoisotopic (exact) mass is 271 g/mol. The molecule has 1 heterocycles. The Balaban J connectivity index is 2.42. The molecule has 18 heavy (non-hydrogen) atoms. The van der Waals surface area contributed by atoms with Crippen molar-refractivity contribution in [3.8, 4) is 0 Å². The third kappa shape index (κ3) is 4.28. The lowest BCUT2D eigenvalue weighted by atomic mass is 10.1. The molecule has 104 valence electrons. The van der Waals surface area contributed by atoms with E-state index in [1.807, 2.05) is 0 Å². The Labute approximate surface area is 111 Å². The van der Waals surface area contributed by atoms with Crippen LogP contribution in [0.5, 0.6) is 0 Å². The minimum Gasteiger partial charge on any atom is -0.412 e. The van der Waals surface area contributed by atoms with Gasteiger partial charge in [0.1, 0.15) is 0 Å². The molecule has 0 aromatic carbocycles. The summed E-state index contributed by atoms with van der Waals surface area (Å²) in [6.07, 6.45) is 2.18. The van der Waals surface area contributed by atoms with E-state index in [-0.39, 0.29) is 17.2 Å². The van der Waals surface area contributed by atoms with Crippen LogP contribution in [-0.4, -0.2) is 33.7 Å². The fourth-order valence-corrected chi connectivity index (χ4v) is 3.11. The molecule has 0 aromatic rings. The molecule has 0 radical (unpaired) electrons. The summed E-state index contributed by atoms with van der Waals surface area (Å²) in [4.78, 5) is 2.76. The summed E-state index contributed by atoms with van der Waals surface area (Å²) in [6.45, 7) is 12.3. The van der Waals surface area contributed by atoms with Gasteiger partial charge in [0, 0.05) is 4.91 Å². The molecular weight excluding hydrogens is 246 g/mol. The Bertz CT molecular complexity index is 314. The number of rotatable bonds is 4. The number of hydrogen-bond donors (Lipinski definition) is 0. The number of azide groups is 1. The lowest BCUT2D eigenvalue weighted by Crippen LogP contribution is -2.46. The molecule has 0 amide bonds. The summed E-state index contributed by atoms with van der Waals surface area (Å²) in [6, 6.07) is 0. The van der Waals surface area contributed by atoms with E-state index >= 15 is 0 Å². The Hall–Kier alpha value is -0.553. The van der Waals surface area contributed by atoms with Crippen molar-refractivity contribution >= 4 is 8.32 Å². The number of hydrogen-bond acceptors (Lipinski definition) is 3. The summed E-state index contributed by atoms with van der Waals surface area (Å²) in [5, 5.41) is 3.79. The van der Waals surface area contributed by atoms with Gasteiger partial charge >= 0.3 is 0 Å². The highest BCUT2D eigenvalue weighted by molar-refractivity contribution is 6.74. The second-order valence-electron chi connectivity index (χ2n) is 6.45. The quantitative estimate of drug-likeness (QED) is 0.337. The molecule has 0 N–H and O–H groups in total. The summed E-state index contributed by atoms with van der Waals surface area (Å²) < 4.78 is 12.0. The molecule has 1 rings (SSSR count). The van der Waals surface area contributed by atoms with Gasteiger partial charge in [-0.15, -0.1) is 0 Å². The number of nitrogens with zero attached hydrogens (tertiary/aromatic N) is 3. The van der Waals surface area contributed by atoms with Crippen molar-refractivity contribution in [3.63, 3.8) is 0 Å². The number of ether oxygens (including phenoxy) is 1. The van der Waals surface area contributed by atoms with Gasteiger partial charge in [-0.1, -0.05) is 25.9 Å². The minimum absolute atomic E-state index is 0.0696. The molecule has 0 bridgehead atoms. The second kappa shape index (κ2) is 6.06. The molecule has 1 aliphatic rings. The fraction of sp³-hybridized carbons (Fsp3) is 1.00. The average Bonchev–Trinajstić information content (AvgIpc) is 2.26. The molecule has 1 saturated heterocycles. The Morgan fingerprint density at radius 3 is 2.50 bits per heavy atom. The van der Waals surface area contributed by atoms with E-state index in [1.54, 1.807) is 0 Å². The Morgan fingerprint density at radius 2 is 2.06 bits per heavy atom. The zero-order chi connectivity index (χ0) is 13.8. The van der Waals surface area contributed by atoms with E-state index in [0.29, 0.717) is 13.2 Å². The predicted octanol–water partition coefficient (Wildman–Crippen LogP) is 3.87. The molecular formula is C12H25N3O2Si. The molecule has 0 spiro atoms. The van der Waals surface area contributed by atoms with Gasteiger partial charge in [-0.05, 0) is 36.5 Å². The van der Waals surface area contributed by atoms with Crippen LogP contribution in [0.15, 0.2) is 5.11 Å². The van der Waals surface area contributed by atoms with E-state index in [9.17, 15) is 0 Å². The van der Waals surface area contributed by atoms with Gasteiger partial charge in [-0.2, -0.15) is 0 Å². The van der Waals surface area contributed by atoms with Gasteiger partial charge in [0.25, 0.3) is 0 Å². The highest BCUT2D eigenvalue weighted by atomic mass is 28.4. The third-order valence-electron chi connectivity index (χ3n) is 3.94. The second-order valence-corrected chi connectivity index (χ2v) is 11.2. The molecule has 0 aromatic heterocycles. The van der Waals surface area contributed by atoms with Crippen LogP contribution in [0, 0.1) is 0 Å². The van der Waals surface area contributed by atoms with Gasteiger partial charge < -0.3 is 9.16 Å². The molecule has 6 heteroatoms. The van der Waals surface area contributed by atoms with E-state index in [1.165, 1.54) is 0 Å². The van der Waals surface area contributed by atoms with Crippen molar-refractivity contribution in [1.29, 1.82) is 0 Å². The van der Waals surface area contributed by atoms with Crippen molar-refractivity contribution in [2.45, 2.75) is 64.0 Å². The Morgan fingerprint density at radius 1 is 1.39 bits per heavy atom. The summed E-state index contributed by atoms with van der Waals surface area (Å²) >= 11 is 0. The van der Waals surface area contributed by atoms with E-state index in [2.05, 4.69) is 43.9 Å². The summed E-state index contributed by atoms with van der Waals surface area (Å²) in [5.41, 5.74) is 8.27. The smallest absolute Gasteiger partial charge is 0.192 e. The van der Waals surface area contributed by atoms with Crippen LogP contribution in [0.4, 0.5) is 0 Å². The van der Waals surface area contributed by atoms with Crippen LogP contribution in [0.1, 0.15) is 33.6 Å². The highest BCUT2D eigenvalue weighted by Gasteiger charge is 2.39. The SMILES string of the molecule is CC(C)(C)[Si](C)(C)O[C@@H]1CC[C@H](CN=[N+]=[N-])OC1. The zero-order valence-electron chi connectivity index (χ0n) is 12.1. The van der Waals surface area contributed by atoms with Crippen LogP contribution in [0.3, 0.4) is 0 Å². The lowest BCUT2D eigenvalue weighted by Gasteiger charge is -2.41. The van der Waals surface area contributed by atoms with Crippen molar-refractivity contribution < 1.29 is 9.16 Å². The fourth-order valence-electron chi connectivity index (χ4n) is 1.74. The normalized spacial score (nSPS) is 25.6. The maximum Gasteiger partial charge on any atom is 0.192 e. The highest BCUT2D eigenvalue weighted by Crippen LogP contribution is 2.38. The van der Waals surface area contributed by atoms with Gasteiger partial charge in [0.15, 0.2) is 8.32 Å². The first-order valence-electron chi connectivity index (χ1n) is 6.56. The molecule has 2 atom stereocenters. The van der Waals surface area contributed by atoms with Crippen molar-refractivity contribution in [3.05, 3.63) is 10.4 Å². The van der Waals surface area contributed by atoms with Gasteiger partial charge in [0.2, 0.25) is 0 Å². The molecule has 0 unspecified atom stereocenters. The zero-order valence-corrected chi connectivity index (χ0v) is 13.1. The minimum atomic E-state index is -1.70. The van der Waals surface area contributed by atoms with Crippen LogP contribution in [0.2, 0.25) is 18.1 Å². The van der Waals surface area contributed by atoms with Crippen LogP contribution in [0.25, 0.3) is 10.4 Å². The van der Waals surface area contributed by atoms with E-state index in [0.717, 1.165) is 12.8 Å². The molecule has 0 saturated carbocycles. The standard InChI is InChI=1S/C12H25N3O2Si/c1-12(2,3)18(4,5)17-11-7-6-10(16-9-11)8-14-15-13/h10-11H,6-9H2,1-5H3/t10-,11-/m1/s1. The first kappa shape index (κ1) is 15.5. The topological polar surface area (TPSA) is 67.2 Å². The summed E-state index contributed by atoms with van der Waals surface area (Å²) in [7, 11) is -1.70. The first-order valence-corrected chi connectivity index (χ1v) is 9.47. The van der Waals surface area contributed by atoms with Crippen molar-refractivity contribution in [1.82, 2.24) is 0 Å². The van der Waals surface area contributed by atoms with Crippen LogP contribution in [-0.2, 0) is 9.16 Å². The average molecular weight is 271 g/mol. The predicted molar refractivity (Wildman–Crippen MR) is 75.1 cm³/mol. The maximum atomic E-state index is 8.27. The van der Waals surface area contributed by atoms with Crippen LogP contribution < -0.4 is 0 Å². The lowest BCUT2D eigenvalue weighted by molar-refractivity contribution is -0.0457. The van der Waals surface area contributed by atoms with E-state index < -0.39 is 8.32 Å².